The highest BCUT2D eigenvalue weighted by Gasteiger charge is 2.08. The number of pyridine rings is 1. The van der Waals surface area contributed by atoms with Crippen molar-refractivity contribution in [1.82, 2.24) is 9.97 Å². The predicted octanol–water partition coefficient (Wildman–Crippen LogP) is 3.96. The van der Waals surface area contributed by atoms with E-state index in [1.54, 1.807) is 29.9 Å². The van der Waals surface area contributed by atoms with Crippen LogP contribution in [0.15, 0.2) is 60.0 Å². The minimum atomic E-state index is 0.784. The average Bonchev–Trinajstić information content (AvgIpc) is 2.90. The molecule has 0 aliphatic rings. The highest BCUT2D eigenvalue weighted by molar-refractivity contribution is 7.15. The molecule has 104 valence electrons. The maximum Gasteiger partial charge on any atom is 0.204 e. The van der Waals surface area contributed by atoms with Crippen molar-refractivity contribution < 1.29 is 0 Å². The van der Waals surface area contributed by atoms with Crippen molar-refractivity contribution in [2.45, 2.75) is 6.92 Å². The number of hydrazone groups is 1. The van der Waals surface area contributed by atoms with Gasteiger partial charge in [0.2, 0.25) is 5.13 Å². The Morgan fingerprint density at radius 2 is 2.00 bits per heavy atom. The van der Waals surface area contributed by atoms with E-state index in [9.17, 15) is 0 Å². The Balaban J connectivity index is 1.75. The molecule has 0 atom stereocenters. The molecule has 1 aromatic carbocycles. The fourth-order valence-electron chi connectivity index (χ4n) is 1.92. The third-order valence-corrected chi connectivity index (χ3v) is 3.78. The van der Waals surface area contributed by atoms with Crippen molar-refractivity contribution in [3.63, 3.8) is 0 Å². The predicted molar refractivity (Wildman–Crippen MR) is 87.7 cm³/mol. The molecule has 0 amide bonds. The van der Waals surface area contributed by atoms with Gasteiger partial charge in [0.25, 0.3) is 0 Å². The van der Waals surface area contributed by atoms with Crippen LogP contribution in [0.25, 0.3) is 11.3 Å². The first-order chi connectivity index (χ1) is 10.3. The summed E-state index contributed by atoms with van der Waals surface area (Å²) in [5, 5.41) is 4.98. The normalized spacial score (nSPS) is 10.9. The van der Waals surface area contributed by atoms with E-state index in [4.69, 9.17) is 0 Å². The van der Waals surface area contributed by atoms with Crippen molar-refractivity contribution in [1.29, 1.82) is 0 Å². The standard InChI is InChI=1S/C16H14N4S/c1-12-15(14-7-3-2-4-8-14)19-16(21-12)20-18-11-13-6-5-9-17-10-13/h2-11H,1H3,(H,19,20)/b18-11-. The van der Waals surface area contributed by atoms with Gasteiger partial charge < -0.3 is 0 Å². The van der Waals surface area contributed by atoms with E-state index in [-0.39, 0.29) is 0 Å². The van der Waals surface area contributed by atoms with Crippen LogP contribution in [0.4, 0.5) is 5.13 Å². The lowest BCUT2D eigenvalue weighted by Crippen LogP contribution is -1.90. The summed E-state index contributed by atoms with van der Waals surface area (Å²) in [6.07, 6.45) is 5.22. The fourth-order valence-corrected chi connectivity index (χ4v) is 2.71. The van der Waals surface area contributed by atoms with E-state index in [2.05, 4.69) is 39.6 Å². The zero-order chi connectivity index (χ0) is 14.5. The minimum Gasteiger partial charge on any atom is -0.264 e. The number of hydrogen-bond acceptors (Lipinski definition) is 5. The van der Waals surface area contributed by atoms with Gasteiger partial charge in [-0.3, -0.25) is 10.4 Å². The van der Waals surface area contributed by atoms with Crippen LogP contribution in [0.5, 0.6) is 0 Å². The molecule has 0 saturated heterocycles. The van der Waals surface area contributed by atoms with Crippen molar-refractivity contribution >= 4 is 22.7 Å². The van der Waals surface area contributed by atoms with E-state index < -0.39 is 0 Å². The number of hydrogen-bond donors (Lipinski definition) is 1. The highest BCUT2D eigenvalue weighted by atomic mass is 32.1. The summed E-state index contributed by atoms with van der Waals surface area (Å²) in [5.41, 5.74) is 6.04. The van der Waals surface area contributed by atoms with Gasteiger partial charge in [-0.15, -0.1) is 11.3 Å². The van der Waals surface area contributed by atoms with Crippen LogP contribution in [0, 0.1) is 6.92 Å². The average molecular weight is 294 g/mol. The number of nitrogens with zero attached hydrogens (tertiary/aromatic N) is 3. The molecule has 0 aliphatic heterocycles. The fraction of sp³-hybridized carbons (Fsp3) is 0.0625. The molecule has 2 heterocycles. The minimum absolute atomic E-state index is 0.784. The molecule has 3 aromatic rings. The number of thiazole rings is 1. The first kappa shape index (κ1) is 13.5. The SMILES string of the molecule is Cc1sc(N/N=C\c2cccnc2)nc1-c1ccccc1. The van der Waals surface area contributed by atoms with E-state index >= 15 is 0 Å². The van der Waals surface area contributed by atoms with Gasteiger partial charge in [-0.25, -0.2) is 4.98 Å². The second kappa shape index (κ2) is 6.28. The second-order valence-corrected chi connectivity index (χ2v) is 5.65. The van der Waals surface area contributed by atoms with Gasteiger partial charge in [0, 0.05) is 28.4 Å². The molecule has 0 unspecified atom stereocenters. The molecular formula is C16H14N4S. The molecule has 0 fully saturated rings. The van der Waals surface area contributed by atoms with Crippen molar-refractivity contribution in [2.24, 2.45) is 5.10 Å². The van der Waals surface area contributed by atoms with Gasteiger partial charge >= 0.3 is 0 Å². The van der Waals surface area contributed by atoms with Crippen molar-refractivity contribution in [2.75, 3.05) is 5.43 Å². The molecule has 3 rings (SSSR count). The maximum atomic E-state index is 4.59. The lowest BCUT2D eigenvalue weighted by atomic mass is 10.1. The number of benzene rings is 1. The third kappa shape index (κ3) is 3.32. The van der Waals surface area contributed by atoms with Crippen LogP contribution in [-0.2, 0) is 0 Å². The summed E-state index contributed by atoms with van der Waals surface area (Å²) >= 11 is 1.59. The largest absolute Gasteiger partial charge is 0.264 e. The number of rotatable bonds is 4. The Bertz CT molecular complexity index is 735. The summed E-state index contributed by atoms with van der Waals surface area (Å²) in [7, 11) is 0. The number of anilines is 1. The molecule has 1 N–H and O–H groups in total. The quantitative estimate of drug-likeness (QED) is 0.585. The number of aryl methyl sites for hydroxylation is 1. The molecule has 0 saturated carbocycles. The number of aromatic nitrogens is 2. The lowest BCUT2D eigenvalue weighted by molar-refractivity contribution is 1.27. The van der Waals surface area contributed by atoms with Crippen molar-refractivity contribution in [3.8, 4) is 11.3 Å². The molecular weight excluding hydrogens is 280 g/mol. The monoisotopic (exact) mass is 294 g/mol. The summed E-state index contributed by atoms with van der Waals surface area (Å²) in [4.78, 5) is 9.79. The van der Waals surface area contributed by atoms with Gasteiger partial charge in [-0.2, -0.15) is 5.10 Å². The summed E-state index contributed by atoms with van der Waals surface area (Å²) in [6.45, 7) is 2.07. The Labute approximate surface area is 127 Å². The first-order valence-electron chi connectivity index (χ1n) is 6.55. The first-order valence-corrected chi connectivity index (χ1v) is 7.36. The zero-order valence-electron chi connectivity index (χ0n) is 11.5. The van der Waals surface area contributed by atoms with Crippen LogP contribution in [-0.4, -0.2) is 16.2 Å². The zero-order valence-corrected chi connectivity index (χ0v) is 12.3. The van der Waals surface area contributed by atoms with Gasteiger partial charge in [0.1, 0.15) is 0 Å². The Hall–Kier alpha value is -2.53. The smallest absolute Gasteiger partial charge is 0.204 e. The van der Waals surface area contributed by atoms with E-state index in [0.717, 1.165) is 22.0 Å². The van der Waals surface area contributed by atoms with E-state index in [0.29, 0.717) is 0 Å². The number of nitrogens with one attached hydrogen (secondary N) is 1. The van der Waals surface area contributed by atoms with Gasteiger partial charge in [0.15, 0.2) is 0 Å². The molecule has 0 bridgehead atoms. The molecule has 0 aliphatic carbocycles. The van der Waals surface area contributed by atoms with Crippen LogP contribution >= 0.6 is 11.3 Å². The molecule has 21 heavy (non-hydrogen) atoms. The van der Waals surface area contributed by atoms with E-state index in [1.807, 2.05) is 30.3 Å². The molecule has 4 nitrogen and oxygen atoms in total. The van der Waals surface area contributed by atoms with Gasteiger partial charge in [-0.05, 0) is 13.0 Å². The lowest BCUT2D eigenvalue weighted by Gasteiger charge is -1.96. The third-order valence-electron chi connectivity index (χ3n) is 2.90. The second-order valence-electron chi connectivity index (χ2n) is 4.45. The molecule has 0 radical (unpaired) electrons. The molecule has 5 heteroatoms. The Morgan fingerprint density at radius 3 is 2.76 bits per heavy atom. The van der Waals surface area contributed by atoms with Crippen LogP contribution < -0.4 is 5.43 Å². The van der Waals surface area contributed by atoms with Gasteiger partial charge in [0.05, 0.1) is 11.9 Å². The topological polar surface area (TPSA) is 50.2 Å². The maximum absolute atomic E-state index is 4.59. The van der Waals surface area contributed by atoms with Crippen LogP contribution in [0.2, 0.25) is 0 Å². The van der Waals surface area contributed by atoms with E-state index in [1.165, 1.54) is 4.88 Å². The highest BCUT2D eigenvalue weighted by Crippen LogP contribution is 2.30. The Morgan fingerprint density at radius 1 is 1.14 bits per heavy atom. The summed E-state index contributed by atoms with van der Waals surface area (Å²) < 4.78 is 0. The van der Waals surface area contributed by atoms with Crippen LogP contribution in [0.3, 0.4) is 0 Å². The summed E-state index contributed by atoms with van der Waals surface area (Å²) in [6, 6.07) is 14.0. The van der Waals surface area contributed by atoms with Gasteiger partial charge in [-0.1, -0.05) is 36.4 Å². The van der Waals surface area contributed by atoms with Crippen LogP contribution in [0.1, 0.15) is 10.4 Å². The van der Waals surface area contributed by atoms with Crippen molar-refractivity contribution in [3.05, 3.63) is 65.3 Å². The molecule has 2 aromatic heterocycles. The summed E-state index contributed by atoms with van der Waals surface area (Å²) in [5.74, 6) is 0. The Kier molecular flexibility index (Phi) is 4.02. The molecule has 0 spiro atoms.